The Morgan fingerprint density at radius 3 is 2.46 bits per heavy atom. The summed E-state index contributed by atoms with van der Waals surface area (Å²) in [6, 6.07) is 0. The average Bonchev–Trinajstić information content (AvgIpc) is 3.52. The van der Waals surface area contributed by atoms with E-state index >= 15 is 0 Å². The molecular formula is C29H40O10. The fraction of sp³-hybridized carbons (Fsp3) is 0.724. The number of esters is 4. The minimum atomic E-state index is -1.02. The summed E-state index contributed by atoms with van der Waals surface area (Å²) >= 11 is 0. The van der Waals surface area contributed by atoms with Crippen LogP contribution in [0.5, 0.6) is 0 Å². The van der Waals surface area contributed by atoms with E-state index in [2.05, 4.69) is 0 Å². The number of aliphatic hydroxyl groups excluding tert-OH is 1. The molecule has 1 spiro atoms. The molecule has 2 aliphatic carbocycles. The smallest absolute Gasteiger partial charge is 0.333 e. The second-order valence-electron chi connectivity index (χ2n) is 11.8. The lowest BCUT2D eigenvalue weighted by atomic mass is 9.42. The van der Waals surface area contributed by atoms with Gasteiger partial charge in [-0.25, -0.2) is 9.59 Å². The first kappa shape index (κ1) is 29.3. The standard InChI is InChI=1S/C29H40O10/c1-7-16(2)26(34)39-22(20-11-24(33)35-13-20)12-27(6)17(3)10-23(38-19(5)31)29(15-36-18(4)30)25(27)21(32)8-9-28(29)14-37-28/h7,11,17,21-23,25,32H,8-10,12-15H2,1-6H3/b16-7+/t17-,21-,22+,23+,25-,27+,28+,29-/m1/s1. The maximum absolute atomic E-state index is 12.9. The van der Waals surface area contributed by atoms with Crippen LogP contribution in [0.25, 0.3) is 0 Å². The molecule has 39 heavy (non-hydrogen) atoms. The third kappa shape index (κ3) is 5.13. The monoisotopic (exact) mass is 548 g/mol. The van der Waals surface area contributed by atoms with Crippen LogP contribution in [-0.4, -0.2) is 72.7 Å². The summed E-state index contributed by atoms with van der Waals surface area (Å²) in [6.45, 7) is 10.4. The molecule has 0 aromatic heterocycles. The van der Waals surface area contributed by atoms with Gasteiger partial charge >= 0.3 is 23.9 Å². The van der Waals surface area contributed by atoms with E-state index in [1.165, 1.54) is 19.9 Å². The summed E-state index contributed by atoms with van der Waals surface area (Å²) < 4.78 is 28.8. The predicted octanol–water partition coefficient (Wildman–Crippen LogP) is 2.80. The molecule has 4 aliphatic rings. The van der Waals surface area contributed by atoms with Gasteiger partial charge < -0.3 is 28.8 Å². The molecule has 10 heteroatoms. The first-order valence-corrected chi connectivity index (χ1v) is 13.6. The van der Waals surface area contributed by atoms with Crippen LogP contribution in [0.3, 0.4) is 0 Å². The van der Waals surface area contributed by atoms with Gasteiger partial charge in [0.2, 0.25) is 0 Å². The maximum atomic E-state index is 12.9. The minimum Gasteiger partial charge on any atom is -0.465 e. The minimum absolute atomic E-state index is 0.00502. The Balaban J connectivity index is 1.82. The van der Waals surface area contributed by atoms with E-state index in [0.717, 1.165) is 0 Å². The zero-order chi connectivity index (χ0) is 28.8. The van der Waals surface area contributed by atoms with Gasteiger partial charge in [-0.3, -0.25) is 9.59 Å². The molecule has 1 N–H and O–H groups in total. The highest BCUT2D eigenvalue weighted by Crippen LogP contribution is 2.69. The van der Waals surface area contributed by atoms with Crippen LogP contribution in [0.2, 0.25) is 0 Å². The lowest BCUT2D eigenvalue weighted by molar-refractivity contribution is -0.255. The van der Waals surface area contributed by atoms with E-state index < -0.39 is 64.5 Å². The highest BCUT2D eigenvalue weighted by Gasteiger charge is 2.77. The van der Waals surface area contributed by atoms with Gasteiger partial charge in [-0.05, 0) is 50.9 Å². The van der Waals surface area contributed by atoms with Crippen molar-refractivity contribution in [3.63, 3.8) is 0 Å². The molecule has 10 nitrogen and oxygen atoms in total. The summed E-state index contributed by atoms with van der Waals surface area (Å²) in [5.74, 6) is -2.63. The highest BCUT2D eigenvalue weighted by atomic mass is 16.6. The van der Waals surface area contributed by atoms with Gasteiger partial charge in [-0.15, -0.1) is 0 Å². The van der Waals surface area contributed by atoms with Crippen LogP contribution in [0.4, 0.5) is 0 Å². The molecule has 0 unspecified atom stereocenters. The first-order chi connectivity index (χ1) is 18.3. The zero-order valence-corrected chi connectivity index (χ0v) is 23.6. The summed E-state index contributed by atoms with van der Waals surface area (Å²) in [7, 11) is 0. The van der Waals surface area contributed by atoms with Crippen LogP contribution in [0, 0.1) is 22.7 Å². The van der Waals surface area contributed by atoms with E-state index in [0.29, 0.717) is 37.0 Å². The van der Waals surface area contributed by atoms with E-state index in [1.807, 2.05) is 13.8 Å². The van der Waals surface area contributed by atoms with Crippen LogP contribution in [0.1, 0.15) is 67.2 Å². The number of allylic oxidation sites excluding steroid dienone is 1. The number of fused-ring (bicyclic) bond motifs is 2. The number of rotatable bonds is 8. The number of epoxide rings is 1. The Labute approximate surface area is 229 Å². The number of hydrogen-bond acceptors (Lipinski definition) is 10. The fourth-order valence-corrected chi connectivity index (χ4v) is 7.32. The summed E-state index contributed by atoms with van der Waals surface area (Å²) in [6.07, 6.45) is 2.40. The van der Waals surface area contributed by atoms with Crippen molar-refractivity contribution in [2.45, 2.75) is 91.1 Å². The molecule has 1 saturated heterocycles. The second kappa shape index (κ2) is 10.7. The lowest BCUT2D eigenvalue weighted by Crippen LogP contribution is -2.70. The summed E-state index contributed by atoms with van der Waals surface area (Å²) in [5, 5.41) is 11.7. The van der Waals surface area contributed by atoms with E-state index in [4.69, 9.17) is 23.7 Å². The number of ether oxygens (including phenoxy) is 5. The van der Waals surface area contributed by atoms with Crippen LogP contribution < -0.4 is 0 Å². The summed E-state index contributed by atoms with van der Waals surface area (Å²) in [4.78, 5) is 49.2. The van der Waals surface area contributed by atoms with Crippen molar-refractivity contribution in [2.24, 2.45) is 22.7 Å². The van der Waals surface area contributed by atoms with Crippen molar-refractivity contribution in [1.29, 1.82) is 0 Å². The molecule has 2 saturated carbocycles. The first-order valence-electron chi connectivity index (χ1n) is 13.6. The van der Waals surface area contributed by atoms with E-state index in [-0.39, 0.29) is 25.6 Å². The summed E-state index contributed by atoms with van der Waals surface area (Å²) in [5.41, 5.74) is -1.49. The number of aliphatic hydroxyl groups is 1. The SMILES string of the molecule is C/C=C(\C)C(=O)O[C@@H](C[C@@]1(C)[C@H](C)C[C@H](OC(C)=O)[C@]2(COC(C)=O)[C@@H]1[C@H](O)CC[C@]21CO1)C1=CC(=O)OC1. The molecule has 0 radical (unpaired) electrons. The van der Waals surface area contributed by atoms with E-state index in [9.17, 15) is 24.3 Å². The maximum Gasteiger partial charge on any atom is 0.333 e. The fourth-order valence-electron chi connectivity index (χ4n) is 7.32. The molecule has 0 bridgehead atoms. The molecule has 4 rings (SSSR count). The Hall–Kier alpha value is -2.72. The zero-order valence-electron chi connectivity index (χ0n) is 23.6. The molecule has 0 aromatic carbocycles. The third-order valence-corrected chi connectivity index (χ3v) is 9.65. The molecule has 3 fully saturated rings. The van der Waals surface area contributed by atoms with Crippen molar-refractivity contribution < 1.29 is 48.0 Å². The lowest BCUT2D eigenvalue weighted by Gasteiger charge is -2.64. The van der Waals surface area contributed by atoms with E-state index in [1.54, 1.807) is 19.9 Å². The number of carbonyl (C=O) groups is 4. The van der Waals surface area contributed by atoms with Crippen molar-refractivity contribution in [3.05, 3.63) is 23.3 Å². The van der Waals surface area contributed by atoms with Crippen molar-refractivity contribution in [2.75, 3.05) is 19.8 Å². The van der Waals surface area contributed by atoms with Gasteiger partial charge in [0, 0.05) is 37.0 Å². The molecule has 2 aliphatic heterocycles. The average molecular weight is 549 g/mol. The Morgan fingerprint density at radius 2 is 1.92 bits per heavy atom. The second-order valence-corrected chi connectivity index (χ2v) is 11.8. The molecule has 8 atom stereocenters. The van der Waals surface area contributed by atoms with Gasteiger partial charge in [0.05, 0.1) is 18.1 Å². The topological polar surface area (TPSA) is 138 Å². The molecule has 0 amide bonds. The van der Waals surface area contributed by atoms with Gasteiger partial charge in [0.1, 0.15) is 31.0 Å². The van der Waals surface area contributed by atoms with Gasteiger partial charge in [0.15, 0.2) is 0 Å². The molecule has 0 aromatic rings. The Bertz CT molecular complexity index is 1090. The number of cyclic esters (lactones) is 1. The molecule has 2 heterocycles. The molecular weight excluding hydrogens is 508 g/mol. The molecule has 216 valence electrons. The van der Waals surface area contributed by atoms with Crippen molar-refractivity contribution in [3.8, 4) is 0 Å². The normalized spacial score (nSPS) is 38.3. The largest absolute Gasteiger partial charge is 0.465 e. The third-order valence-electron chi connectivity index (χ3n) is 9.65. The van der Waals surface area contributed by atoms with Gasteiger partial charge in [-0.2, -0.15) is 0 Å². The van der Waals surface area contributed by atoms with Crippen molar-refractivity contribution >= 4 is 23.9 Å². The Kier molecular flexibility index (Phi) is 8.02. The van der Waals surface area contributed by atoms with Crippen molar-refractivity contribution in [1.82, 2.24) is 0 Å². The Morgan fingerprint density at radius 1 is 1.23 bits per heavy atom. The quantitative estimate of drug-likeness (QED) is 0.209. The van der Waals surface area contributed by atoms with Gasteiger partial charge in [-0.1, -0.05) is 19.9 Å². The number of hydrogen-bond donors (Lipinski definition) is 1. The van der Waals surface area contributed by atoms with Gasteiger partial charge in [0.25, 0.3) is 0 Å². The highest BCUT2D eigenvalue weighted by molar-refractivity contribution is 5.88. The predicted molar refractivity (Wildman–Crippen MR) is 137 cm³/mol. The van der Waals surface area contributed by atoms with Crippen LogP contribution >= 0.6 is 0 Å². The van der Waals surface area contributed by atoms with Crippen LogP contribution in [-0.2, 0) is 42.9 Å². The number of carbonyl (C=O) groups excluding carboxylic acids is 4. The van der Waals surface area contributed by atoms with Crippen LogP contribution in [0.15, 0.2) is 23.3 Å².